The molecule has 4 heteroatoms. The second-order valence-corrected chi connectivity index (χ2v) is 4.56. The third-order valence-corrected chi connectivity index (χ3v) is 3.20. The molecule has 0 fully saturated rings. The minimum absolute atomic E-state index is 0.222. The molecule has 0 radical (unpaired) electrons. The van der Waals surface area contributed by atoms with E-state index in [1.54, 1.807) is 20.3 Å². The average molecular weight is 275 g/mol. The summed E-state index contributed by atoms with van der Waals surface area (Å²) in [5.74, 6) is 0.922. The lowest BCUT2D eigenvalue weighted by Gasteiger charge is -2.18. The predicted molar refractivity (Wildman–Crippen MR) is 77.5 cm³/mol. The summed E-state index contributed by atoms with van der Waals surface area (Å²) in [6.45, 7) is 1.86. The molecular formula is C16H18FNO2. The molecule has 20 heavy (non-hydrogen) atoms. The summed E-state index contributed by atoms with van der Waals surface area (Å²) in [4.78, 5) is 0. The SMILES string of the molecule is COc1cccc(OC)c1-c1cc(F)ccc1C(C)N. The van der Waals surface area contributed by atoms with Gasteiger partial charge in [-0.05, 0) is 42.3 Å². The highest BCUT2D eigenvalue weighted by Gasteiger charge is 2.18. The van der Waals surface area contributed by atoms with Crippen LogP contribution in [-0.2, 0) is 0 Å². The number of hydrogen-bond donors (Lipinski definition) is 1. The fraction of sp³-hybridized carbons (Fsp3) is 0.250. The lowest BCUT2D eigenvalue weighted by Crippen LogP contribution is -2.07. The van der Waals surface area contributed by atoms with E-state index in [1.807, 2.05) is 25.1 Å². The number of benzene rings is 2. The van der Waals surface area contributed by atoms with E-state index in [0.29, 0.717) is 22.6 Å². The standard InChI is InChI=1S/C16H18FNO2/c1-10(18)12-8-7-11(17)9-13(12)16-14(19-2)5-4-6-15(16)20-3/h4-10H,18H2,1-3H3. The van der Waals surface area contributed by atoms with Gasteiger partial charge in [-0.2, -0.15) is 0 Å². The number of halogens is 1. The molecule has 106 valence electrons. The summed E-state index contributed by atoms with van der Waals surface area (Å²) >= 11 is 0. The highest BCUT2D eigenvalue weighted by atomic mass is 19.1. The van der Waals surface area contributed by atoms with E-state index in [1.165, 1.54) is 12.1 Å². The zero-order valence-corrected chi connectivity index (χ0v) is 11.8. The van der Waals surface area contributed by atoms with Gasteiger partial charge >= 0.3 is 0 Å². The maximum Gasteiger partial charge on any atom is 0.130 e. The van der Waals surface area contributed by atoms with Crippen LogP contribution in [0.3, 0.4) is 0 Å². The zero-order valence-electron chi connectivity index (χ0n) is 11.8. The molecule has 0 aliphatic heterocycles. The third kappa shape index (κ3) is 2.60. The van der Waals surface area contributed by atoms with Gasteiger partial charge in [0.05, 0.1) is 19.8 Å². The highest BCUT2D eigenvalue weighted by Crippen LogP contribution is 2.41. The lowest BCUT2D eigenvalue weighted by molar-refractivity contribution is 0.397. The summed E-state index contributed by atoms with van der Waals surface area (Å²) in [7, 11) is 3.15. The summed E-state index contributed by atoms with van der Waals surface area (Å²) in [5.41, 5.74) is 8.22. The fourth-order valence-electron chi connectivity index (χ4n) is 2.26. The monoisotopic (exact) mass is 275 g/mol. The van der Waals surface area contributed by atoms with Crippen LogP contribution in [0, 0.1) is 5.82 Å². The first-order valence-corrected chi connectivity index (χ1v) is 6.35. The molecule has 2 aromatic rings. The molecule has 2 aromatic carbocycles. The van der Waals surface area contributed by atoms with Gasteiger partial charge < -0.3 is 15.2 Å². The molecule has 0 saturated heterocycles. The summed E-state index contributed by atoms with van der Waals surface area (Å²) < 4.78 is 24.4. The van der Waals surface area contributed by atoms with Crippen LogP contribution in [0.5, 0.6) is 11.5 Å². The van der Waals surface area contributed by atoms with Crippen LogP contribution < -0.4 is 15.2 Å². The van der Waals surface area contributed by atoms with E-state index >= 15 is 0 Å². The second kappa shape index (κ2) is 5.92. The molecule has 1 unspecified atom stereocenters. The van der Waals surface area contributed by atoms with Gasteiger partial charge in [-0.3, -0.25) is 0 Å². The van der Waals surface area contributed by atoms with Gasteiger partial charge in [-0.15, -0.1) is 0 Å². The number of methoxy groups -OCH3 is 2. The van der Waals surface area contributed by atoms with E-state index in [-0.39, 0.29) is 11.9 Å². The number of rotatable bonds is 4. The Hall–Kier alpha value is -2.07. The molecule has 1 atom stereocenters. The van der Waals surface area contributed by atoms with Crippen LogP contribution >= 0.6 is 0 Å². The van der Waals surface area contributed by atoms with Crippen molar-refractivity contribution in [3.05, 3.63) is 47.8 Å². The van der Waals surface area contributed by atoms with Crippen LogP contribution in [-0.4, -0.2) is 14.2 Å². The Balaban J connectivity index is 2.76. The lowest BCUT2D eigenvalue weighted by atomic mass is 9.94. The smallest absolute Gasteiger partial charge is 0.130 e. The van der Waals surface area contributed by atoms with Crippen LogP contribution in [0.4, 0.5) is 4.39 Å². The largest absolute Gasteiger partial charge is 0.496 e. The zero-order chi connectivity index (χ0) is 14.7. The van der Waals surface area contributed by atoms with Crippen molar-refractivity contribution in [2.75, 3.05) is 14.2 Å². The van der Waals surface area contributed by atoms with Gasteiger partial charge in [0.15, 0.2) is 0 Å². The first-order chi connectivity index (χ1) is 9.58. The minimum Gasteiger partial charge on any atom is -0.496 e. The second-order valence-electron chi connectivity index (χ2n) is 4.56. The maximum atomic E-state index is 13.6. The van der Waals surface area contributed by atoms with Crippen molar-refractivity contribution in [2.45, 2.75) is 13.0 Å². The summed E-state index contributed by atoms with van der Waals surface area (Å²) in [6, 6.07) is 9.79. The first kappa shape index (κ1) is 14.3. The minimum atomic E-state index is -0.322. The third-order valence-electron chi connectivity index (χ3n) is 3.20. The van der Waals surface area contributed by atoms with Crippen molar-refractivity contribution >= 4 is 0 Å². The van der Waals surface area contributed by atoms with Gasteiger partial charge in [-0.25, -0.2) is 4.39 Å². The van der Waals surface area contributed by atoms with E-state index in [0.717, 1.165) is 5.56 Å². The number of hydrogen-bond acceptors (Lipinski definition) is 3. The molecule has 0 saturated carbocycles. The molecule has 0 aliphatic carbocycles. The van der Waals surface area contributed by atoms with Crippen LogP contribution in [0.2, 0.25) is 0 Å². The van der Waals surface area contributed by atoms with Gasteiger partial charge in [0, 0.05) is 6.04 Å². The Morgan fingerprint density at radius 1 is 1.05 bits per heavy atom. The van der Waals surface area contributed by atoms with Crippen molar-refractivity contribution in [3.8, 4) is 22.6 Å². The maximum absolute atomic E-state index is 13.6. The van der Waals surface area contributed by atoms with Gasteiger partial charge in [0.25, 0.3) is 0 Å². The first-order valence-electron chi connectivity index (χ1n) is 6.35. The van der Waals surface area contributed by atoms with Gasteiger partial charge in [0.2, 0.25) is 0 Å². The molecule has 0 amide bonds. The topological polar surface area (TPSA) is 44.5 Å². The number of ether oxygens (including phenoxy) is 2. The molecule has 0 heterocycles. The van der Waals surface area contributed by atoms with Crippen LogP contribution in [0.15, 0.2) is 36.4 Å². The number of nitrogens with two attached hydrogens (primary N) is 1. The summed E-state index contributed by atoms with van der Waals surface area (Å²) in [6.07, 6.45) is 0. The van der Waals surface area contributed by atoms with Gasteiger partial charge in [0.1, 0.15) is 17.3 Å². The molecule has 0 aromatic heterocycles. The Morgan fingerprint density at radius 2 is 1.65 bits per heavy atom. The van der Waals surface area contributed by atoms with E-state index in [2.05, 4.69) is 0 Å². The Morgan fingerprint density at radius 3 is 2.15 bits per heavy atom. The molecule has 0 aliphatic rings. The molecule has 2 N–H and O–H groups in total. The van der Waals surface area contributed by atoms with Crippen molar-refractivity contribution in [3.63, 3.8) is 0 Å². The molecular weight excluding hydrogens is 257 g/mol. The van der Waals surface area contributed by atoms with Crippen LogP contribution in [0.1, 0.15) is 18.5 Å². The Bertz CT molecular complexity index is 589. The fourth-order valence-corrected chi connectivity index (χ4v) is 2.26. The molecule has 2 rings (SSSR count). The molecule has 0 spiro atoms. The normalized spacial score (nSPS) is 12.1. The summed E-state index contributed by atoms with van der Waals surface area (Å²) in [5, 5.41) is 0. The average Bonchev–Trinajstić information content (AvgIpc) is 2.45. The van der Waals surface area contributed by atoms with E-state index in [4.69, 9.17) is 15.2 Å². The van der Waals surface area contributed by atoms with Crippen LogP contribution in [0.25, 0.3) is 11.1 Å². The Labute approximate surface area is 118 Å². The molecule has 3 nitrogen and oxygen atoms in total. The highest BCUT2D eigenvalue weighted by molar-refractivity contribution is 5.79. The van der Waals surface area contributed by atoms with Gasteiger partial charge in [-0.1, -0.05) is 12.1 Å². The van der Waals surface area contributed by atoms with E-state index in [9.17, 15) is 4.39 Å². The Kier molecular flexibility index (Phi) is 4.25. The van der Waals surface area contributed by atoms with Crippen molar-refractivity contribution in [1.82, 2.24) is 0 Å². The molecule has 0 bridgehead atoms. The predicted octanol–water partition coefficient (Wildman–Crippen LogP) is 3.53. The van der Waals surface area contributed by atoms with Crippen molar-refractivity contribution in [2.24, 2.45) is 5.73 Å². The van der Waals surface area contributed by atoms with Crippen molar-refractivity contribution in [1.29, 1.82) is 0 Å². The van der Waals surface area contributed by atoms with E-state index < -0.39 is 0 Å². The van der Waals surface area contributed by atoms with Crippen molar-refractivity contribution < 1.29 is 13.9 Å². The quantitative estimate of drug-likeness (QED) is 0.928.